The Kier molecular flexibility index (Phi) is 10.5. The molecule has 0 unspecified atom stereocenters. The van der Waals surface area contributed by atoms with Gasteiger partial charge in [-0.15, -0.1) is 0 Å². The van der Waals surface area contributed by atoms with E-state index in [-0.39, 0.29) is 0 Å². The molecule has 0 atom stereocenters. The number of aromatic nitrogens is 3. The van der Waals surface area contributed by atoms with Gasteiger partial charge < -0.3 is 8.83 Å². The summed E-state index contributed by atoms with van der Waals surface area (Å²) in [7, 11) is 0. The highest BCUT2D eigenvalue weighted by molar-refractivity contribution is 6.13. The Bertz CT molecular complexity index is 2570. The molecule has 0 bridgehead atoms. The maximum Gasteiger partial charge on any atom is 0.163 e. The Labute approximate surface area is 311 Å². The fourth-order valence-electron chi connectivity index (χ4n) is 6.97. The van der Waals surface area contributed by atoms with E-state index in [2.05, 4.69) is 86.8 Å². The second-order valence-electron chi connectivity index (χ2n) is 12.6. The SMILES string of the molecule is C=C/C=C(\CC)c1ccc2oc3cccc(-c4ccc(-c5nc(CCCc6c(C=C)oc7ccccc67)nc(-c6ccccc6)n5)cc4)c3c2c1.CC. The molecular weight excluding hydrogens is 651 g/mol. The van der Waals surface area contributed by atoms with Crippen LogP contribution in [-0.2, 0) is 12.8 Å². The molecule has 53 heavy (non-hydrogen) atoms. The van der Waals surface area contributed by atoms with Crippen LogP contribution in [0.25, 0.3) is 78.5 Å². The number of rotatable bonds is 11. The Morgan fingerprint density at radius 3 is 2.06 bits per heavy atom. The summed E-state index contributed by atoms with van der Waals surface area (Å²) in [4.78, 5) is 14.9. The molecule has 0 radical (unpaired) electrons. The minimum Gasteiger partial charge on any atom is -0.456 e. The molecule has 5 nitrogen and oxygen atoms in total. The summed E-state index contributed by atoms with van der Waals surface area (Å²) >= 11 is 0. The number of para-hydroxylation sites is 1. The normalized spacial score (nSPS) is 11.5. The van der Waals surface area contributed by atoms with Crippen LogP contribution in [0.1, 0.15) is 56.3 Å². The quantitative estimate of drug-likeness (QED) is 0.126. The van der Waals surface area contributed by atoms with Crippen molar-refractivity contribution in [1.82, 2.24) is 15.0 Å². The Morgan fingerprint density at radius 2 is 1.32 bits per heavy atom. The van der Waals surface area contributed by atoms with E-state index < -0.39 is 0 Å². The second kappa shape index (κ2) is 15.9. The number of allylic oxidation sites excluding steroid dienone is 3. The summed E-state index contributed by atoms with van der Waals surface area (Å²) in [5.41, 5.74) is 10.3. The Hall–Kier alpha value is -6.33. The van der Waals surface area contributed by atoms with Crippen molar-refractivity contribution in [2.24, 2.45) is 0 Å². The van der Waals surface area contributed by atoms with E-state index in [0.717, 1.165) is 86.0 Å². The van der Waals surface area contributed by atoms with Crippen molar-refractivity contribution in [2.75, 3.05) is 0 Å². The van der Waals surface area contributed by atoms with E-state index in [1.807, 2.05) is 74.5 Å². The third kappa shape index (κ3) is 7.11. The number of fused-ring (bicyclic) bond motifs is 4. The summed E-state index contributed by atoms with van der Waals surface area (Å²) in [6.45, 7) is 14.1. The van der Waals surface area contributed by atoms with Gasteiger partial charge in [0.2, 0.25) is 0 Å². The van der Waals surface area contributed by atoms with E-state index >= 15 is 0 Å². The molecule has 8 rings (SSSR count). The molecule has 0 saturated heterocycles. The van der Waals surface area contributed by atoms with Crippen LogP contribution in [0, 0.1) is 0 Å². The fraction of sp³-hybridized carbons (Fsp3) is 0.146. The predicted molar refractivity (Wildman–Crippen MR) is 222 cm³/mol. The number of nitrogens with zero attached hydrogens (tertiary/aromatic N) is 3. The number of hydrogen-bond donors (Lipinski definition) is 0. The largest absolute Gasteiger partial charge is 0.456 e. The molecule has 0 aliphatic heterocycles. The van der Waals surface area contributed by atoms with Crippen molar-refractivity contribution in [3.8, 4) is 33.9 Å². The molecule has 0 fully saturated rings. The van der Waals surface area contributed by atoms with Gasteiger partial charge in [0.1, 0.15) is 28.3 Å². The lowest BCUT2D eigenvalue weighted by Crippen LogP contribution is -2.04. The van der Waals surface area contributed by atoms with E-state index in [4.69, 9.17) is 23.8 Å². The highest BCUT2D eigenvalue weighted by atomic mass is 16.3. The summed E-state index contributed by atoms with van der Waals surface area (Å²) in [5, 5.41) is 3.34. The van der Waals surface area contributed by atoms with Gasteiger partial charge in [-0.3, -0.25) is 0 Å². The molecule has 3 heterocycles. The lowest BCUT2D eigenvalue weighted by Gasteiger charge is -2.10. The number of furan rings is 2. The molecule has 5 aromatic carbocycles. The van der Waals surface area contributed by atoms with Gasteiger partial charge in [-0.05, 0) is 71.9 Å². The van der Waals surface area contributed by atoms with Crippen LogP contribution in [0.15, 0.2) is 149 Å². The zero-order valence-electron chi connectivity index (χ0n) is 30.6. The van der Waals surface area contributed by atoms with Crippen LogP contribution < -0.4 is 0 Å². The topological polar surface area (TPSA) is 65.0 Å². The molecule has 0 saturated carbocycles. The van der Waals surface area contributed by atoms with Crippen molar-refractivity contribution in [3.05, 3.63) is 163 Å². The van der Waals surface area contributed by atoms with Crippen molar-refractivity contribution < 1.29 is 8.83 Å². The zero-order chi connectivity index (χ0) is 36.7. The minimum atomic E-state index is 0.656. The van der Waals surface area contributed by atoms with Crippen molar-refractivity contribution in [3.63, 3.8) is 0 Å². The Morgan fingerprint density at radius 1 is 0.642 bits per heavy atom. The second-order valence-corrected chi connectivity index (χ2v) is 12.6. The predicted octanol–water partition coefficient (Wildman–Crippen LogP) is 13.3. The molecule has 0 aliphatic carbocycles. The molecule has 0 amide bonds. The first-order valence-corrected chi connectivity index (χ1v) is 18.4. The molecule has 8 aromatic rings. The van der Waals surface area contributed by atoms with Gasteiger partial charge in [-0.1, -0.05) is 137 Å². The average molecular weight is 694 g/mol. The van der Waals surface area contributed by atoms with Crippen molar-refractivity contribution >= 4 is 44.6 Å². The first-order valence-electron chi connectivity index (χ1n) is 18.4. The molecule has 3 aromatic heterocycles. The van der Waals surface area contributed by atoms with Gasteiger partial charge in [0, 0.05) is 39.3 Å². The Balaban J connectivity index is 0.00000214. The number of benzene rings is 5. The number of hydrogen-bond acceptors (Lipinski definition) is 5. The monoisotopic (exact) mass is 693 g/mol. The lowest BCUT2D eigenvalue weighted by molar-refractivity contribution is 0.596. The highest BCUT2D eigenvalue weighted by Gasteiger charge is 2.16. The van der Waals surface area contributed by atoms with Crippen LogP contribution in [0.4, 0.5) is 0 Å². The fourth-order valence-corrected chi connectivity index (χ4v) is 6.97. The maximum atomic E-state index is 6.32. The van der Waals surface area contributed by atoms with E-state index in [9.17, 15) is 0 Å². The van der Waals surface area contributed by atoms with Crippen LogP contribution in [0.3, 0.4) is 0 Å². The third-order valence-corrected chi connectivity index (χ3v) is 9.48. The molecule has 0 N–H and O–H groups in total. The smallest absolute Gasteiger partial charge is 0.163 e. The highest BCUT2D eigenvalue weighted by Crippen LogP contribution is 2.38. The summed E-state index contributed by atoms with van der Waals surface area (Å²) < 4.78 is 12.4. The van der Waals surface area contributed by atoms with Gasteiger partial charge in [0.15, 0.2) is 11.6 Å². The van der Waals surface area contributed by atoms with E-state index in [1.165, 1.54) is 16.7 Å². The first-order chi connectivity index (χ1) is 26.1. The third-order valence-electron chi connectivity index (χ3n) is 9.48. The van der Waals surface area contributed by atoms with Gasteiger partial charge in [-0.2, -0.15) is 0 Å². The van der Waals surface area contributed by atoms with Gasteiger partial charge in [-0.25, -0.2) is 15.0 Å². The van der Waals surface area contributed by atoms with Gasteiger partial charge in [0.05, 0.1) is 0 Å². The van der Waals surface area contributed by atoms with E-state index in [1.54, 1.807) is 6.08 Å². The summed E-state index contributed by atoms with van der Waals surface area (Å²) in [6.07, 6.45) is 9.03. The lowest BCUT2D eigenvalue weighted by atomic mass is 9.96. The molecule has 0 aliphatic rings. The van der Waals surface area contributed by atoms with Crippen LogP contribution in [0.2, 0.25) is 0 Å². The maximum absolute atomic E-state index is 6.32. The molecule has 0 spiro atoms. The van der Waals surface area contributed by atoms with Crippen LogP contribution in [-0.4, -0.2) is 15.0 Å². The van der Waals surface area contributed by atoms with E-state index in [0.29, 0.717) is 18.1 Å². The van der Waals surface area contributed by atoms with Crippen LogP contribution in [0.5, 0.6) is 0 Å². The summed E-state index contributed by atoms with van der Waals surface area (Å²) in [6, 6.07) is 39.4. The molecule has 262 valence electrons. The van der Waals surface area contributed by atoms with Crippen molar-refractivity contribution in [1.29, 1.82) is 0 Å². The zero-order valence-corrected chi connectivity index (χ0v) is 30.6. The number of aryl methyl sites for hydroxylation is 2. The van der Waals surface area contributed by atoms with Gasteiger partial charge in [0.25, 0.3) is 0 Å². The molecule has 5 heteroatoms. The first kappa shape index (κ1) is 35.1. The van der Waals surface area contributed by atoms with Crippen molar-refractivity contribution in [2.45, 2.75) is 46.5 Å². The minimum absolute atomic E-state index is 0.656. The molecular formula is C48H43N3O2. The van der Waals surface area contributed by atoms with Crippen LogP contribution >= 0.6 is 0 Å². The average Bonchev–Trinajstić information content (AvgIpc) is 3.78. The standard InChI is InChI=1S/C46H37N3O2.C2H6/c1-4-14-30(5-2)34-27-28-41-38(29-34)44-35(18-12-21-42(44)51-41)31-23-25-33(26-24-31)46-48-43(47-45(49-46)32-15-8-7-9-16-32)22-13-19-36-37-17-10-11-20-40(37)50-39(36)6-3;1-2/h4,6-12,14-18,20-21,23-29H,1,3,5,13,19,22H2,2H3;1-2H3/b30-14+;. The van der Waals surface area contributed by atoms with Gasteiger partial charge >= 0.3 is 0 Å². The summed E-state index contributed by atoms with van der Waals surface area (Å²) in [5.74, 6) is 2.91.